The van der Waals surface area contributed by atoms with E-state index in [1.54, 1.807) is 7.11 Å². The third-order valence-electron chi connectivity index (χ3n) is 10.1. The average Bonchev–Trinajstić information content (AvgIpc) is 3.58. The van der Waals surface area contributed by atoms with Crippen LogP contribution < -0.4 is 14.2 Å². The van der Waals surface area contributed by atoms with Crippen LogP contribution >= 0.6 is 0 Å². The Morgan fingerprint density at radius 2 is 1.62 bits per heavy atom. The number of carbonyl (C=O) groups excluding carboxylic acids is 1. The first kappa shape index (κ1) is 27.6. The molecule has 1 aromatic heterocycles. The van der Waals surface area contributed by atoms with Gasteiger partial charge in [-0.15, -0.1) is 0 Å². The van der Waals surface area contributed by atoms with Gasteiger partial charge < -0.3 is 9.64 Å². The number of hydrogen-bond acceptors (Lipinski definition) is 3. The molecule has 1 aliphatic heterocycles. The van der Waals surface area contributed by atoms with Gasteiger partial charge in [-0.2, -0.15) is 0 Å². The van der Waals surface area contributed by atoms with Crippen LogP contribution in [0.3, 0.4) is 0 Å². The van der Waals surface area contributed by atoms with Crippen LogP contribution in [0.25, 0.3) is 21.8 Å². The fourth-order valence-corrected chi connectivity index (χ4v) is 8.05. The van der Waals surface area contributed by atoms with Crippen molar-refractivity contribution in [3.63, 3.8) is 0 Å². The molecule has 0 saturated carbocycles. The van der Waals surface area contributed by atoms with Crippen LogP contribution in [0.1, 0.15) is 45.2 Å². The summed E-state index contributed by atoms with van der Waals surface area (Å²) in [5.41, 5.74) is 8.63. The lowest BCUT2D eigenvalue weighted by atomic mass is 9.81. The first-order valence-electron chi connectivity index (χ1n) is 16.1. The van der Waals surface area contributed by atoms with Crippen molar-refractivity contribution in [2.75, 3.05) is 25.1 Å². The summed E-state index contributed by atoms with van der Waals surface area (Å²) < 4.78 is 10.5. The molecule has 5 heteroatoms. The lowest BCUT2D eigenvalue weighted by Crippen LogP contribution is -2.40. The number of carbonyl (C=O) groups is 1. The molecule has 0 saturated heterocycles. The molecule has 2 aliphatic rings. The molecule has 5 aromatic carbocycles. The summed E-state index contributed by atoms with van der Waals surface area (Å²) in [5.74, 6) is 3.19. The monoisotopic (exact) mass is 592 g/mol. The minimum Gasteiger partial charge on any atom is -0.495 e. The fourth-order valence-electron chi connectivity index (χ4n) is 8.05. The zero-order chi connectivity index (χ0) is 30.5. The predicted molar refractivity (Wildman–Crippen MR) is 180 cm³/mol. The number of imidazole rings is 1. The topological polar surface area (TPSA) is 38.3 Å². The Bertz CT molecular complexity index is 2080. The van der Waals surface area contributed by atoms with Gasteiger partial charge in [-0.05, 0) is 64.1 Å². The Hall–Kier alpha value is -4.90. The number of Topliss-reactive ketones (excluding diaryl/α,β-unsaturated/α-hetero) is 1. The van der Waals surface area contributed by atoms with E-state index in [0.29, 0.717) is 18.4 Å². The van der Waals surface area contributed by atoms with Crippen molar-refractivity contribution < 1.29 is 14.1 Å². The SMILES string of the molecule is COc1cccc2c1N(CCCn1c(C)[n+](CC(=O)c3ccc4ccccc4c3)c3ccccc31)C[C@@H]1Cc3ccccc3[C@H]21. The van der Waals surface area contributed by atoms with E-state index in [1.807, 2.05) is 30.3 Å². The number of nitrogens with zero attached hydrogens (tertiary/aromatic N) is 3. The van der Waals surface area contributed by atoms with Crippen molar-refractivity contribution in [3.8, 4) is 5.75 Å². The summed E-state index contributed by atoms with van der Waals surface area (Å²) >= 11 is 0. The molecule has 1 aliphatic carbocycles. The predicted octanol–water partition coefficient (Wildman–Crippen LogP) is 7.50. The van der Waals surface area contributed by atoms with Gasteiger partial charge in [-0.3, -0.25) is 4.79 Å². The number of benzene rings is 5. The number of para-hydroxylation sites is 3. The molecule has 0 fully saturated rings. The van der Waals surface area contributed by atoms with E-state index < -0.39 is 0 Å². The first-order chi connectivity index (χ1) is 22.1. The highest BCUT2D eigenvalue weighted by Crippen LogP contribution is 2.51. The highest BCUT2D eigenvalue weighted by atomic mass is 16.5. The van der Waals surface area contributed by atoms with Crippen molar-refractivity contribution in [1.82, 2.24) is 4.57 Å². The highest BCUT2D eigenvalue weighted by Gasteiger charge is 2.41. The van der Waals surface area contributed by atoms with Gasteiger partial charge in [-0.25, -0.2) is 9.13 Å². The summed E-state index contributed by atoms with van der Waals surface area (Å²) in [6.45, 7) is 5.30. The Balaban J connectivity index is 1.05. The Morgan fingerprint density at radius 1 is 0.844 bits per heavy atom. The van der Waals surface area contributed by atoms with Gasteiger partial charge in [0.25, 0.3) is 5.82 Å². The van der Waals surface area contributed by atoms with E-state index in [0.717, 1.165) is 65.9 Å². The number of aromatic nitrogens is 2. The molecule has 5 nitrogen and oxygen atoms in total. The highest BCUT2D eigenvalue weighted by molar-refractivity contribution is 5.99. The van der Waals surface area contributed by atoms with Crippen LogP contribution in [-0.2, 0) is 19.5 Å². The molecule has 6 aromatic rings. The van der Waals surface area contributed by atoms with Crippen LogP contribution in [0, 0.1) is 12.8 Å². The van der Waals surface area contributed by atoms with E-state index in [2.05, 4.69) is 99.8 Å². The molecule has 0 spiro atoms. The van der Waals surface area contributed by atoms with Gasteiger partial charge in [0, 0.05) is 37.9 Å². The van der Waals surface area contributed by atoms with Crippen molar-refractivity contribution in [2.45, 2.75) is 38.8 Å². The number of hydrogen-bond donors (Lipinski definition) is 0. The van der Waals surface area contributed by atoms with Crippen molar-refractivity contribution in [3.05, 3.63) is 137 Å². The minimum atomic E-state index is 0.126. The molecule has 2 heterocycles. The maximum absolute atomic E-state index is 13.6. The van der Waals surface area contributed by atoms with Crippen molar-refractivity contribution >= 4 is 33.3 Å². The smallest absolute Gasteiger partial charge is 0.254 e. The third kappa shape index (κ3) is 4.69. The standard InChI is InChI=1S/C40H38N3O2/c1-27-42(35-16-7-8-17-36(35)43(27)26-37(44)31-20-19-28-11-3-4-12-29(28)23-31)22-10-21-41-25-32-24-30-13-5-6-14-33(30)39(32)34-15-9-18-38(45-2)40(34)41/h3-9,11-20,23,32,39H,10,21-22,24-26H2,1-2H3/q+1/t32-,39+/m0/s1. The number of rotatable bonds is 8. The zero-order valence-electron chi connectivity index (χ0n) is 25.9. The summed E-state index contributed by atoms with van der Waals surface area (Å²) in [5, 5.41) is 2.24. The number of methoxy groups -OCH3 is 1. The molecular formula is C40H38N3O2+. The van der Waals surface area contributed by atoms with Gasteiger partial charge in [-0.1, -0.05) is 84.9 Å². The van der Waals surface area contributed by atoms with E-state index in [4.69, 9.17) is 4.74 Å². The van der Waals surface area contributed by atoms with Gasteiger partial charge >= 0.3 is 0 Å². The Morgan fingerprint density at radius 3 is 2.51 bits per heavy atom. The van der Waals surface area contributed by atoms with Gasteiger partial charge in [0.1, 0.15) is 5.75 Å². The van der Waals surface area contributed by atoms with E-state index >= 15 is 0 Å². The second-order valence-electron chi connectivity index (χ2n) is 12.6. The van der Waals surface area contributed by atoms with Crippen LogP contribution in [0.5, 0.6) is 5.75 Å². The molecule has 8 rings (SSSR count). The lowest BCUT2D eigenvalue weighted by molar-refractivity contribution is -0.664. The molecule has 0 N–H and O–H groups in total. The first-order valence-corrected chi connectivity index (χ1v) is 16.1. The van der Waals surface area contributed by atoms with Crippen LogP contribution in [0.15, 0.2) is 109 Å². The summed E-state index contributed by atoms with van der Waals surface area (Å²) in [7, 11) is 1.79. The zero-order valence-corrected chi connectivity index (χ0v) is 25.9. The number of ketones is 1. The van der Waals surface area contributed by atoms with Crippen LogP contribution in [0.4, 0.5) is 5.69 Å². The maximum Gasteiger partial charge on any atom is 0.254 e. The van der Waals surface area contributed by atoms with E-state index in [-0.39, 0.29) is 5.78 Å². The summed E-state index contributed by atoms with van der Waals surface area (Å²) in [6, 6.07) is 38.2. The minimum absolute atomic E-state index is 0.126. The quantitative estimate of drug-likeness (QED) is 0.136. The lowest BCUT2D eigenvalue weighted by Gasteiger charge is -2.39. The molecule has 0 amide bonds. The summed E-state index contributed by atoms with van der Waals surface area (Å²) in [4.78, 5) is 16.2. The van der Waals surface area contributed by atoms with Crippen LogP contribution in [0.2, 0.25) is 0 Å². The van der Waals surface area contributed by atoms with Crippen molar-refractivity contribution in [2.24, 2.45) is 5.92 Å². The number of anilines is 1. The van der Waals surface area contributed by atoms with Crippen molar-refractivity contribution in [1.29, 1.82) is 0 Å². The number of ether oxygens (including phenoxy) is 1. The second-order valence-corrected chi connectivity index (χ2v) is 12.6. The Labute approximate surface area is 264 Å². The molecular weight excluding hydrogens is 554 g/mol. The van der Waals surface area contributed by atoms with Gasteiger partial charge in [0.15, 0.2) is 17.6 Å². The molecule has 0 bridgehead atoms. The average molecular weight is 593 g/mol. The van der Waals surface area contributed by atoms with Crippen LogP contribution in [-0.4, -0.2) is 30.5 Å². The maximum atomic E-state index is 13.6. The molecule has 45 heavy (non-hydrogen) atoms. The second kappa shape index (κ2) is 11.2. The normalized spacial score (nSPS) is 16.9. The molecule has 0 unspecified atom stereocenters. The number of fused-ring (bicyclic) bond motifs is 7. The molecule has 0 radical (unpaired) electrons. The van der Waals surface area contributed by atoms with E-state index in [9.17, 15) is 4.79 Å². The van der Waals surface area contributed by atoms with E-state index in [1.165, 1.54) is 27.9 Å². The fraction of sp³-hybridized carbons (Fsp3) is 0.250. The molecule has 2 atom stereocenters. The Kier molecular flexibility index (Phi) is 6.89. The number of aryl methyl sites for hydroxylation is 1. The van der Waals surface area contributed by atoms with Gasteiger partial charge in [0.2, 0.25) is 5.78 Å². The molecule has 224 valence electrons. The summed E-state index contributed by atoms with van der Waals surface area (Å²) in [6.07, 6.45) is 2.11. The third-order valence-corrected chi connectivity index (χ3v) is 10.1. The van der Waals surface area contributed by atoms with Gasteiger partial charge in [0.05, 0.1) is 19.3 Å². The largest absolute Gasteiger partial charge is 0.495 e.